The van der Waals surface area contributed by atoms with Gasteiger partial charge in [0, 0.05) is 11.8 Å². The minimum Gasteiger partial charge on any atom is -0.397 e. The lowest BCUT2D eigenvalue weighted by Gasteiger charge is -1.96. The number of pyridine rings is 1. The zero-order valence-corrected chi connectivity index (χ0v) is 5.70. The molecule has 11 heavy (non-hydrogen) atoms. The molecule has 0 fully saturated rings. The summed E-state index contributed by atoms with van der Waals surface area (Å²) < 4.78 is 0. The van der Waals surface area contributed by atoms with Crippen molar-refractivity contribution in [2.75, 3.05) is 5.73 Å². The van der Waals surface area contributed by atoms with Crippen molar-refractivity contribution in [1.82, 2.24) is 4.98 Å². The fraction of sp³-hybridized carbons (Fsp3) is 0. The summed E-state index contributed by atoms with van der Waals surface area (Å²) in [6.07, 6.45) is 2.47. The van der Waals surface area contributed by atoms with E-state index in [0.29, 0.717) is 11.3 Å². The van der Waals surface area contributed by atoms with Crippen LogP contribution in [0.25, 0.3) is 0 Å². The highest BCUT2D eigenvalue weighted by molar-refractivity contribution is 5.84. The van der Waals surface area contributed by atoms with E-state index in [1.807, 2.05) is 6.07 Å². The number of hydrogen-bond acceptors (Lipinski definition) is 4. The molecular weight excluding hydrogens is 140 g/mol. The van der Waals surface area contributed by atoms with Crippen LogP contribution in [0.15, 0.2) is 12.3 Å². The Labute approximate surface area is 63.8 Å². The first kappa shape index (κ1) is 7.22. The molecule has 0 unspecified atom stereocenters. The monoisotopic (exact) mass is 146 g/mol. The summed E-state index contributed by atoms with van der Waals surface area (Å²) in [6.45, 7) is 0. The second-order valence-corrected chi connectivity index (χ2v) is 1.95. The van der Waals surface area contributed by atoms with Gasteiger partial charge in [0.25, 0.3) is 0 Å². The maximum Gasteiger partial charge on any atom is 0.141 e. The molecule has 4 nitrogen and oxygen atoms in total. The molecule has 1 rings (SSSR count). The van der Waals surface area contributed by atoms with Crippen molar-refractivity contribution < 1.29 is 0 Å². The van der Waals surface area contributed by atoms with E-state index in [2.05, 4.69) is 4.98 Å². The molecule has 3 N–H and O–H groups in total. The van der Waals surface area contributed by atoms with Crippen LogP contribution in [0.3, 0.4) is 0 Å². The van der Waals surface area contributed by atoms with Gasteiger partial charge in [-0.05, 0) is 6.07 Å². The van der Waals surface area contributed by atoms with Crippen molar-refractivity contribution in [3.05, 3.63) is 23.5 Å². The summed E-state index contributed by atoms with van der Waals surface area (Å²) in [5.41, 5.74) is 6.65. The van der Waals surface area contributed by atoms with E-state index in [1.165, 1.54) is 12.3 Å². The zero-order chi connectivity index (χ0) is 8.27. The second kappa shape index (κ2) is 2.80. The molecule has 0 saturated heterocycles. The average molecular weight is 146 g/mol. The second-order valence-electron chi connectivity index (χ2n) is 1.95. The molecule has 0 atom stereocenters. The van der Waals surface area contributed by atoms with E-state index in [9.17, 15) is 0 Å². The third-order valence-electron chi connectivity index (χ3n) is 1.24. The molecule has 1 heterocycles. The molecule has 1 aromatic rings. The largest absolute Gasteiger partial charge is 0.397 e. The Morgan fingerprint density at radius 3 is 3.00 bits per heavy atom. The molecule has 0 spiro atoms. The highest BCUT2D eigenvalue weighted by Crippen LogP contribution is 2.07. The Morgan fingerprint density at radius 2 is 2.45 bits per heavy atom. The van der Waals surface area contributed by atoms with Crippen LogP contribution in [0.5, 0.6) is 0 Å². The molecule has 0 saturated carbocycles. The highest BCUT2D eigenvalue weighted by atomic mass is 14.7. The Hall–Kier alpha value is -1.89. The van der Waals surface area contributed by atoms with Gasteiger partial charge in [0.1, 0.15) is 11.8 Å². The van der Waals surface area contributed by atoms with Gasteiger partial charge in [-0.15, -0.1) is 0 Å². The molecule has 0 aliphatic rings. The summed E-state index contributed by atoms with van der Waals surface area (Å²) in [6, 6.07) is 3.33. The van der Waals surface area contributed by atoms with Crippen LogP contribution >= 0.6 is 0 Å². The molecule has 0 aliphatic carbocycles. The van der Waals surface area contributed by atoms with Crippen molar-refractivity contribution >= 4 is 11.9 Å². The maximum absolute atomic E-state index is 8.42. The lowest BCUT2D eigenvalue weighted by molar-refractivity contribution is 1.26. The average Bonchev–Trinajstić information content (AvgIpc) is 2.05. The minimum atomic E-state index is 0.276. The summed E-state index contributed by atoms with van der Waals surface area (Å²) in [5.74, 6) is 0. The number of nitriles is 1. The molecule has 4 heteroatoms. The van der Waals surface area contributed by atoms with Crippen molar-refractivity contribution in [2.24, 2.45) is 0 Å². The topological polar surface area (TPSA) is 86.5 Å². The van der Waals surface area contributed by atoms with Gasteiger partial charge in [-0.25, -0.2) is 4.98 Å². The molecule has 0 bridgehead atoms. The van der Waals surface area contributed by atoms with Gasteiger partial charge in [-0.1, -0.05) is 0 Å². The zero-order valence-electron chi connectivity index (χ0n) is 5.70. The van der Waals surface area contributed by atoms with E-state index in [0.717, 1.165) is 6.21 Å². The third kappa shape index (κ3) is 1.33. The summed E-state index contributed by atoms with van der Waals surface area (Å²) in [7, 11) is 0. The number of anilines is 1. The summed E-state index contributed by atoms with van der Waals surface area (Å²) >= 11 is 0. The van der Waals surface area contributed by atoms with Crippen molar-refractivity contribution in [1.29, 1.82) is 10.7 Å². The minimum absolute atomic E-state index is 0.276. The Bertz CT molecular complexity index is 324. The first-order valence-electron chi connectivity index (χ1n) is 2.94. The van der Waals surface area contributed by atoms with Crippen LogP contribution in [0.4, 0.5) is 5.69 Å². The van der Waals surface area contributed by atoms with Crippen molar-refractivity contribution in [3.63, 3.8) is 0 Å². The van der Waals surface area contributed by atoms with Crippen LogP contribution < -0.4 is 5.73 Å². The SMILES string of the molecule is N#Cc1cc(C=N)c(N)cn1. The first-order valence-corrected chi connectivity index (χ1v) is 2.94. The molecule has 1 aromatic heterocycles. The van der Waals surface area contributed by atoms with Crippen LogP contribution in [0.1, 0.15) is 11.3 Å². The van der Waals surface area contributed by atoms with E-state index in [1.54, 1.807) is 0 Å². The predicted molar refractivity (Wildman–Crippen MR) is 41.3 cm³/mol. The van der Waals surface area contributed by atoms with Gasteiger partial charge in [-0.3, -0.25) is 0 Å². The van der Waals surface area contributed by atoms with E-state index < -0.39 is 0 Å². The van der Waals surface area contributed by atoms with Crippen molar-refractivity contribution in [3.8, 4) is 6.07 Å². The lowest BCUT2D eigenvalue weighted by Crippen LogP contribution is -1.95. The number of nitrogens with two attached hydrogens (primary N) is 1. The fourth-order valence-corrected chi connectivity index (χ4v) is 0.668. The Morgan fingerprint density at radius 1 is 1.73 bits per heavy atom. The number of nitrogen functional groups attached to an aromatic ring is 1. The first-order chi connectivity index (χ1) is 5.27. The Kier molecular flexibility index (Phi) is 1.83. The van der Waals surface area contributed by atoms with Crippen LogP contribution in [-0.4, -0.2) is 11.2 Å². The number of hydrogen-bond donors (Lipinski definition) is 2. The van der Waals surface area contributed by atoms with Crippen LogP contribution in [0.2, 0.25) is 0 Å². The molecular formula is C7H6N4. The van der Waals surface area contributed by atoms with Gasteiger partial charge in [-0.2, -0.15) is 5.26 Å². The molecule has 54 valence electrons. The number of nitrogens with zero attached hydrogens (tertiary/aromatic N) is 2. The van der Waals surface area contributed by atoms with E-state index in [4.69, 9.17) is 16.4 Å². The fourth-order valence-electron chi connectivity index (χ4n) is 0.668. The van der Waals surface area contributed by atoms with Crippen LogP contribution in [-0.2, 0) is 0 Å². The molecule has 0 aliphatic heterocycles. The molecule has 0 radical (unpaired) electrons. The predicted octanol–water partition coefficient (Wildman–Crippen LogP) is 0.533. The van der Waals surface area contributed by atoms with Gasteiger partial charge >= 0.3 is 0 Å². The highest BCUT2D eigenvalue weighted by Gasteiger charge is 1.97. The maximum atomic E-state index is 8.42. The lowest BCUT2D eigenvalue weighted by atomic mass is 10.2. The molecule has 0 aromatic carbocycles. The quantitative estimate of drug-likeness (QED) is 0.566. The number of rotatable bonds is 1. The van der Waals surface area contributed by atoms with Crippen molar-refractivity contribution in [2.45, 2.75) is 0 Å². The number of aromatic nitrogens is 1. The normalized spacial score (nSPS) is 8.64. The standard InChI is InChI=1S/C7H6N4/c8-2-5-1-6(3-9)11-4-7(5)10/h1-2,4,8H,10H2. The van der Waals surface area contributed by atoms with E-state index >= 15 is 0 Å². The van der Waals surface area contributed by atoms with E-state index in [-0.39, 0.29) is 5.69 Å². The summed E-state index contributed by atoms with van der Waals surface area (Å²) in [4.78, 5) is 3.72. The number of nitrogens with one attached hydrogen (secondary N) is 1. The van der Waals surface area contributed by atoms with Gasteiger partial charge in [0.2, 0.25) is 0 Å². The summed E-state index contributed by atoms with van der Waals surface area (Å²) in [5, 5.41) is 15.3. The van der Waals surface area contributed by atoms with Gasteiger partial charge < -0.3 is 11.1 Å². The van der Waals surface area contributed by atoms with Gasteiger partial charge in [0.15, 0.2) is 0 Å². The van der Waals surface area contributed by atoms with Gasteiger partial charge in [0.05, 0.1) is 11.9 Å². The third-order valence-corrected chi connectivity index (χ3v) is 1.24. The smallest absolute Gasteiger partial charge is 0.141 e. The van der Waals surface area contributed by atoms with Crippen LogP contribution in [0, 0.1) is 16.7 Å². The Balaban J connectivity index is 3.25. The molecule has 0 amide bonds.